The van der Waals surface area contributed by atoms with E-state index >= 15 is 0 Å². The van der Waals surface area contributed by atoms with Gasteiger partial charge in [0.1, 0.15) is 11.6 Å². The lowest BCUT2D eigenvalue weighted by atomic mass is 10.2. The molecule has 0 spiro atoms. The first-order valence-corrected chi connectivity index (χ1v) is 8.41. The normalized spacial score (nSPS) is 10.5. The molecule has 1 aromatic heterocycles. The van der Waals surface area contributed by atoms with Gasteiger partial charge in [0.05, 0.1) is 0 Å². The number of hydrogen-bond acceptors (Lipinski definition) is 5. The van der Waals surface area contributed by atoms with E-state index in [1.807, 2.05) is 12.3 Å². The van der Waals surface area contributed by atoms with Gasteiger partial charge in [-0.3, -0.25) is 0 Å². The van der Waals surface area contributed by atoms with E-state index in [-0.39, 0.29) is 0 Å². The molecule has 0 saturated heterocycles. The first-order chi connectivity index (χ1) is 10.2. The van der Waals surface area contributed by atoms with E-state index in [2.05, 4.69) is 65.2 Å². The molecule has 0 aliphatic carbocycles. The molecule has 2 aromatic rings. The van der Waals surface area contributed by atoms with Crippen LogP contribution >= 0.6 is 11.8 Å². The molecule has 0 aliphatic heterocycles. The Balaban J connectivity index is 2.43. The number of thioether (sulfide) groups is 1. The van der Waals surface area contributed by atoms with Crippen LogP contribution < -0.4 is 10.2 Å². The Morgan fingerprint density at radius 1 is 1.19 bits per heavy atom. The maximum atomic E-state index is 4.65. The van der Waals surface area contributed by atoms with Crippen molar-refractivity contribution in [2.45, 2.75) is 25.9 Å². The zero-order chi connectivity index (χ0) is 15.2. The third kappa shape index (κ3) is 3.88. The number of aryl methyl sites for hydroxylation is 1. The van der Waals surface area contributed by atoms with Crippen LogP contribution in [-0.4, -0.2) is 29.3 Å². The molecule has 5 heteroatoms. The van der Waals surface area contributed by atoms with Crippen molar-refractivity contribution >= 4 is 29.1 Å². The molecule has 0 amide bonds. The number of hydrogen-bond donors (Lipinski definition) is 1. The summed E-state index contributed by atoms with van der Waals surface area (Å²) in [5.41, 5.74) is 2.41. The van der Waals surface area contributed by atoms with E-state index in [4.69, 9.17) is 0 Å². The second kappa shape index (κ2) is 7.31. The predicted octanol–water partition coefficient (Wildman–Crippen LogP) is 4.10. The Hall–Kier alpha value is -1.75. The van der Waals surface area contributed by atoms with Crippen LogP contribution in [0, 0.1) is 6.92 Å². The summed E-state index contributed by atoms with van der Waals surface area (Å²) in [6.45, 7) is 8.02. The third-order valence-corrected chi connectivity index (χ3v) is 3.69. The van der Waals surface area contributed by atoms with Crippen molar-refractivity contribution in [3.05, 3.63) is 35.9 Å². The van der Waals surface area contributed by atoms with E-state index in [9.17, 15) is 0 Å². The molecule has 1 aromatic carbocycles. The second-order valence-corrected chi connectivity index (χ2v) is 5.49. The molecule has 0 fully saturated rings. The largest absolute Gasteiger partial charge is 0.370 e. The molecule has 0 aliphatic rings. The quantitative estimate of drug-likeness (QED) is 0.643. The van der Waals surface area contributed by atoms with E-state index in [1.54, 1.807) is 11.8 Å². The summed E-state index contributed by atoms with van der Waals surface area (Å²) in [6, 6.07) is 10.5. The Kier molecular flexibility index (Phi) is 5.44. The zero-order valence-electron chi connectivity index (χ0n) is 13.1. The highest BCUT2D eigenvalue weighted by atomic mass is 32.2. The van der Waals surface area contributed by atoms with Crippen molar-refractivity contribution in [2.75, 3.05) is 29.6 Å². The lowest BCUT2D eigenvalue weighted by Gasteiger charge is -2.23. The van der Waals surface area contributed by atoms with Crippen LogP contribution in [0.3, 0.4) is 0 Å². The first-order valence-electron chi connectivity index (χ1n) is 7.19. The van der Waals surface area contributed by atoms with Crippen LogP contribution in [0.1, 0.15) is 19.4 Å². The SMILES string of the molecule is CCNc1cc(N(CC)c2cccc(C)c2)nc(SC)n1. The predicted molar refractivity (Wildman–Crippen MR) is 91.8 cm³/mol. The lowest BCUT2D eigenvalue weighted by molar-refractivity contribution is 0.907. The van der Waals surface area contributed by atoms with Crippen LogP contribution in [0.5, 0.6) is 0 Å². The highest BCUT2D eigenvalue weighted by Gasteiger charge is 2.12. The summed E-state index contributed by atoms with van der Waals surface area (Å²) in [6.07, 6.45) is 2.00. The van der Waals surface area contributed by atoms with Crippen LogP contribution in [-0.2, 0) is 0 Å². The molecule has 1 N–H and O–H groups in total. The van der Waals surface area contributed by atoms with Crippen LogP contribution in [0.2, 0.25) is 0 Å². The van der Waals surface area contributed by atoms with E-state index in [0.717, 1.165) is 35.6 Å². The van der Waals surface area contributed by atoms with Gasteiger partial charge < -0.3 is 10.2 Å². The minimum absolute atomic E-state index is 0.787. The number of nitrogens with one attached hydrogen (secondary N) is 1. The minimum Gasteiger partial charge on any atom is -0.370 e. The molecule has 0 unspecified atom stereocenters. The summed E-state index contributed by atoms with van der Waals surface area (Å²) < 4.78 is 0. The van der Waals surface area contributed by atoms with Gasteiger partial charge in [0, 0.05) is 24.8 Å². The number of aromatic nitrogens is 2. The topological polar surface area (TPSA) is 41.0 Å². The molecule has 0 atom stereocenters. The van der Waals surface area contributed by atoms with Crippen molar-refractivity contribution in [3.8, 4) is 0 Å². The van der Waals surface area contributed by atoms with Crippen LogP contribution in [0.4, 0.5) is 17.3 Å². The summed E-state index contributed by atoms with van der Waals surface area (Å²) in [5, 5.41) is 4.06. The average Bonchev–Trinajstić information content (AvgIpc) is 2.48. The minimum atomic E-state index is 0.787. The summed E-state index contributed by atoms with van der Waals surface area (Å²) in [5.74, 6) is 1.80. The molecule has 2 rings (SSSR count). The van der Waals surface area contributed by atoms with Gasteiger partial charge in [-0.2, -0.15) is 0 Å². The van der Waals surface area contributed by atoms with Crippen LogP contribution in [0.25, 0.3) is 0 Å². The number of rotatable bonds is 6. The standard InChI is InChI=1S/C16H22N4S/c1-5-17-14-11-15(19-16(18-14)21-4)20(6-2)13-9-7-8-12(3)10-13/h7-11H,5-6H2,1-4H3,(H,17,18,19). The number of nitrogens with zero attached hydrogens (tertiary/aromatic N) is 3. The molecule has 4 nitrogen and oxygen atoms in total. The molecule has 0 bridgehead atoms. The molecule has 21 heavy (non-hydrogen) atoms. The van der Waals surface area contributed by atoms with Gasteiger partial charge in [-0.05, 0) is 44.7 Å². The van der Waals surface area contributed by atoms with Gasteiger partial charge in [0.25, 0.3) is 0 Å². The molecular weight excluding hydrogens is 280 g/mol. The Bertz CT molecular complexity index is 601. The lowest BCUT2D eigenvalue weighted by Crippen LogP contribution is -2.18. The van der Waals surface area contributed by atoms with Gasteiger partial charge in [-0.1, -0.05) is 23.9 Å². The monoisotopic (exact) mass is 302 g/mol. The van der Waals surface area contributed by atoms with Gasteiger partial charge in [-0.25, -0.2) is 9.97 Å². The molecule has 0 saturated carbocycles. The van der Waals surface area contributed by atoms with Gasteiger partial charge in [0.15, 0.2) is 5.16 Å². The van der Waals surface area contributed by atoms with Crippen molar-refractivity contribution in [2.24, 2.45) is 0 Å². The van der Waals surface area contributed by atoms with E-state index < -0.39 is 0 Å². The van der Waals surface area contributed by atoms with Gasteiger partial charge >= 0.3 is 0 Å². The number of benzene rings is 1. The van der Waals surface area contributed by atoms with Crippen molar-refractivity contribution in [3.63, 3.8) is 0 Å². The average molecular weight is 302 g/mol. The number of anilines is 3. The molecule has 0 radical (unpaired) electrons. The smallest absolute Gasteiger partial charge is 0.191 e. The van der Waals surface area contributed by atoms with Crippen molar-refractivity contribution < 1.29 is 0 Å². The van der Waals surface area contributed by atoms with Gasteiger partial charge in [-0.15, -0.1) is 0 Å². The molecule has 1 heterocycles. The third-order valence-electron chi connectivity index (χ3n) is 3.14. The fourth-order valence-corrected chi connectivity index (χ4v) is 2.56. The maximum absolute atomic E-state index is 4.65. The highest BCUT2D eigenvalue weighted by Crippen LogP contribution is 2.27. The Morgan fingerprint density at radius 2 is 2.00 bits per heavy atom. The summed E-state index contributed by atoms with van der Waals surface area (Å²) >= 11 is 1.56. The Morgan fingerprint density at radius 3 is 2.62 bits per heavy atom. The first kappa shape index (κ1) is 15.6. The highest BCUT2D eigenvalue weighted by molar-refractivity contribution is 7.98. The summed E-state index contributed by atoms with van der Waals surface area (Å²) in [7, 11) is 0. The van der Waals surface area contributed by atoms with Crippen LogP contribution in [0.15, 0.2) is 35.5 Å². The molecular formula is C16H22N4S. The Labute approximate surface area is 131 Å². The maximum Gasteiger partial charge on any atom is 0.191 e. The summed E-state index contributed by atoms with van der Waals surface area (Å²) in [4.78, 5) is 11.3. The van der Waals surface area contributed by atoms with Crippen molar-refractivity contribution in [1.29, 1.82) is 0 Å². The molecule has 112 valence electrons. The second-order valence-electron chi connectivity index (χ2n) is 4.71. The van der Waals surface area contributed by atoms with E-state index in [1.165, 1.54) is 5.56 Å². The fraction of sp³-hybridized carbons (Fsp3) is 0.375. The fourth-order valence-electron chi connectivity index (χ4n) is 2.19. The van der Waals surface area contributed by atoms with Crippen molar-refractivity contribution in [1.82, 2.24) is 9.97 Å². The van der Waals surface area contributed by atoms with E-state index in [0.29, 0.717) is 0 Å². The van der Waals surface area contributed by atoms with Gasteiger partial charge in [0.2, 0.25) is 0 Å². The zero-order valence-corrected chi connectivity index (χ0v) is 13.9.